The van der Waals surface area contributed by atoms with Crippen LogP contribution in [0.5, 0.6) is 0 Å². The van der Waals surface area contributed by atoms with Crippen molar-refractivity contribution >= 4 is 23.1 Å². The van der Waals surface area contributed by atoms with E-state index in [-0.39, 0.29) is 11.6 Å². The third-order valence-corrected chi connectivity index (χ3v) is 4.45. The molecule has 0 saturated carbocycles. The lowest BCUT2D eigenvalue weighted by molar-refractivity contribution is 0.102. The van der Waals surface area contributed by atoms with Gasteiger partial charge in [0, 0.05) is 39.1 Å². The molecule has 1 amide bonds. The largest absolute Gasteiger partial charge is 0.355 e. The second kappa shape index (κ2) is 7.05. The van der Waals surface area contributed by atoms with Gasteiger partial charge in [-0.05, 0) is 19.0 Å². The minimum absolute atomic E-state index is 0.160. The van der Waals surface area contributed by atoms with Crippen LogP contribution in [0.3, 0.4) is 0 Å². The Hall–Kier alpha value is -3.45. The number of carbonyl (C=O) groups is 1. The van der Waals surface area contributed by atoms with Crippen molar-refractivity contribution in [1.82, 2.24) is 29.7 Å². The number of rotatable bonds is 3. The first kappa shape index (κ1) is 17.0. The van der Waals surface area contributed by atoms with Gasteiger partial charge in [-0.2, -0.15) is 15.5 Å². The molecule has 4 rings (SSSR count). The maximum atomic E-state index is 12.7. The van der Waals surface area contributed by atoms with Crippen LogP contribution in [-0.2, 0) is 7.05 Å². The summed E-state index contributed by atoms with van der Waals surface area (Å²) >= 11 is 0. The second-order valence-electron chi connectivity index (χ2n) is 6.33. The quantitative estimate of drug-likeness (QED) is 0.689. The van der Waals surface area contributed by atoms with Crippen LogP contribution in [0, 0.1) is 11.3 Å². The summed E-state index contributed by atoms with van der Waals surface area (Å²) in [6.07, 6.45) is 5.91. The molecule has 1 aliphatic rings. The average molecular weight is 365 g/mol. The first-order chi connectivity index (χ1) is 13.2. The Labute approximate surface area is 155 Å². The Balaban J connectivity index is 1.64. The van der Waals surface area contributed by atoms with Crippen molar-refractivity contribution in [3.05, 3.63) is 35.9 Å². The van der Waals surface area contributed by atoms with Crippen molar-refractivity contribution in [2.75, 3.05) is 36.4 Å². The topological polar surface area (TPSA) is 116 Å². The first-order valence-corrected chi connectivity index (χ1v) is 8.71. The highest BCUT2D eigenvalue weighted by Gasteiger charge is 2.19. The number of nitrogens with one attached hydrogen (secondary N) is 2. The van der Waals surface area contributed by atoms with Crippen LogP contribution < -0.4 is 15.5 Å². The summed E-state index contributed by atoms with van der Waals surface area (Å²) in [6.45, 7) is 3.66. The highest BCUT2D eigenvalue weighted by atomic mass is 16.1. The van der Waals surface area contributed by atoms with Gasteiger partial charge < -0.3 is 15.5 Å². The molecule has 3 aromatic heterocycles. The lowest BCUT2D eigenvalue weighted by Crippen LogP contribution is -2.28. The fourth-order valence-corrected chi connectivity index (χ4v) is 3.12. The zero-order valence-electron chi connectivity index (χ0n) is 14.9. The highest BCUT2D eigenvalue weighted by Crippen LogP contribution is 2.18. The molecule has 0 spiro atoms. The SMILES string of the molecule is Cn1cc(NC(=O)c2cnn3ccc(N4CCCNCC4)nc23)c(C#N)n1. The number of hydrogen-bond donors (Lipinski definition) is 2. The smallest absolute Gasteiger partial charge is 0.261 e. The number of fused-ring (bicyclic) bond motifs is 1. The minimum atomic E-state index is -0.378. The molecule has 4 heterocycles. The van der Waals surface area contributed by atoms with Gasteiger partial charge >= 0.3 is 0 Å². The van der Waals surface area contributed by atoms with Crippen molar-refractivity contribution in [2.24, 2.45) is 7.05 Å². The Morgan fingerprint density at radius 3 is 3.11 bits per heavy atom. The van der Waals surface area contributed by atoms with Crippen LogP contribution in [0.25, 0.3) is 5.65 Å². The number of hydrogen-bond acceptors (Lipinski definition) is 7. The average Bonchev–Trinajstić information content (AvgIpc) is 3.13. The Morgan fingerprint density at radius 1 is 1.37 bits per heavy atom. The Bertz CT molecular complexity index is 1020. The number of aromatic nitrogens is 5. The summed E-state index contributed by atoms with van der Waals surface area (Å²) in [4.78, 5) is 19.6. The van der Waals surface area contributed by atoms with Gasteiger partial charge in [0.05, 0.1) is 11.9 Å². The Morgan fingerprint density at radius 2 is 2.26 bits per heavy atom. The monoisotopic (exact) mass is 365 g/mol. The normalized spacial score (nSPS) is 14.7. The number of aryl methyl sites for hydroxylation is 1. The minimum Gasteiger partial charge on any atom is -0.355 e. The molecule has 3 aromatic rings. The molecule has 1 aliphatic heterocycles. The third-order valence-electron chi connectivity index (χ3n) is 4.45. The molecule has 0 bridgehead atoms. The van der Waals surface area contributed by atoms with E-state index < -0.39 is 0 Å². The zero-order chi connectivity index (χ0) is 18.8. The summed E-state index contributed by atoms with van der Waals surface area (Å²) in [5.74, 6) is 0.441. The zero-order valence-corrected chi connectivity index (χ0v) is 14.9. The fraction of sp³-hybridized carbons (Fsp3) is 0.353. The molecule has 138 valence electrons. The van der Waals surface area contributed by atoms with Crippen LogP contribution in [0.15, 0.2) is 24.7 Å². The fourth-order valence-electron chi connectivity index (χ4n) is 3.12. The lowest BCUT2D eigenvalue weighted by Gasteiger charge is -2.20. The predicted molar refractivity (Wildman–Crippen MR) is 98.6 cm³/mol. The molecule has 2 N–H and O–H groups in total. The van der Waals surface area contributed by atoms with Crippen LogP contribution in [-0.4, -0.2) is 56.5 Å². The third kappa shape index (κ3) is 3.32. The number of nitrogens with zero attached hydrogens (tertiary/aromatic N) is 7. The molecular formula is C17H19N9O. The van der Waals surface area contributed by atoms with Gasteiger partial charge in [-0.25, -0.2) is 9.50 Å². The van der Waals surface area contributed by atoms with Gasteiger partial charge in [0.15, 0.2) is 11.3 Å². The van der Waals surface area contributed by atoms with Crippen molar-refractivity contribution in [3.8, 4) is 6.07 Å². The van der Waals surface area contributed by atoms with Crippen LogP contribution in [0.1, 0.15) is 22.5 Å². The lowest BCUT2D eigenvalue weighted by atomic mass is 10.3. The molecule has 0 aliphatic carbocycles. The summed E-state index contributed by atoms with van der Waals surface area (Å²) in [6, 6.07) is 3.87. The van der Waals surface area contributed by atoms with Gasteiger partial charge in [0.25, 0.3) is 5.91 Å². The molecule has 1 fully saturated rings. The van der Waals surface area contributed by atoms with E-state index in [0.29, 0.717) is 16.9 Å². The van der Waals surface area contributed by atoms with Gasteiger partial charge in [-0.3, -0.25) is 9.48 Å². The second-order valence-corrected chi connectivity index (χ2v) is 6.33. The summed E-state index contributed by atoms with van der Waals surface area (Å²) in [7, 11) is 1.69. The molecule has 1 saturated heterocycles. The maximum Gasteiger partial charge on any atom is 0.261 e. The molecule has 0 radical (unpaired) electrons. The van der Waals surface area contributed by atoms with Crippen LogP contribution in [0.4, 0.5) is 11.5 Å². The van der Waals surface area contributed by atoms with E-state index in [1.165, 1.54) is 10.9 Å². The molecule has 27 heavy (non-hydrogen) atoms. The van der Waals surface area contributed by atoms with E-state index in [1.807, 2.05) is 12.1 Å². The first-order valence-electron chi connectivity index (χ1n) is 8.71. The number of anilines is 2. The van der Waals surface area contributed by atoms with Gasteiger partial charge in [-0.15, -0.1) is 0 Å². The van der Waals surface area contributed by atoms with Gasteiger partial charge in [0.2, 0.25) is 0 Å². The van der Waals surface area contributed by atoms with Gasteiger partial charge in [0.1, 0.15) is 17.5 Å². The molecule has 10 heteroatoms. The molecule has 0 atom stereocenters. The molecule has 0 unspecified atom stereocenters. The van der Waals surface area contributed by atoms with E-state index in [9.17, 15) is 4.79 Å². The van der Waals surface area contributed by atoms with Crippen molar-refractivity contribution in [3.63, 3.8) is 0 Å². The Kier molecular flexibility index (Phi) is 4.43. The highest BCUT2D eigenvalue weighted by molar-refractivity contribution is 6.08. The van der Waals surface area contributed by atoms with Crippen LogP contribution >= 0.6 is 0 Å². The van der Waals surface area contributed by atoms with Crippen molar-refractivity contribution in [1.29, 1.82) is 5.26 Å². The maximum absolute atomic E-state index is 12.7. The summed E-state index contributed by atoms with van der Waals surface area (Å²) < 4.78 is 3.05. The summed E-state index contributed by atoms with van der Waals surface area (Å²) in [5, 5.41) is 23.4. The predicted octanol–water partition coefficient (Wildman–Crippen LogP) is 0.386. The van der Waals surface area contributed by atoms with E-state index in [4.69, 9.17) is 5.26 Å². The molecule has 0 aromatic carbocycles. The van der Waals surface area contributed by atoms with Crippen molar-refractivity contribution in [2.45, 2.75) is 6.42 Å². The molecule has 10 nitrogen and oxygen atoms in total. The number of amides is 1. The summed E-state index contributed by atoms with van der Waals surface area (Å²) in [5.41, 5.74) is 1.34. The van der Waals surface area contributed by atoms with E-state index in [2.05, 4.69) is 30.7 Å². The van der Waals surface area contributed by atoms with E-state index in [0.717, 1.165) is 38.4 Å². The number of nitriles is 1. The van der Waals surface area contributed by atoms with E-state index >= 15 is 0 Å². The standard InChI is InChI=1S/C17H19N9O/c1-24-11-14(13(9-18)23-24)21-17(27)12-10-20-26-7-3-15(22-16(12)26)25-6-2-4-19-5-8-25/h3,7,10-11,19H,2,4-6,8H2,1H3,(H,21,27). The molecular weight excluding hydrogens is 346 g/mol. The number of carbonyl (C=O) groups excluding carboxylic acids is 1. The van der Waals surface area contributed by atoms with Gasteiger partial charge in [-0.1, -0.05) is 0 Å². The van der Waals surface area contributed by atoms with E-state index in [1.54, 1.807) is 24.0 Å². The van der Waals surface area contributed by atoms with Crippen LogP contribution in [0.2, 0.25) is 0 Å². The van der Waals surface area contributed by atoms with Crippen molar-refractivity contribution < 1.29 is 4.79 Å².